The van der Waals surface area contributed by atoms with Crippen LogP contribution in [0.15, 0.2) is 28.8 Å². The zero-order valence-corrected chi connectivity index (χ0v) is 16.9. The van der Waals surface area contributed by atoms with Gasteiger partial charge in [-0.25, -0.2) is 0 Å². The third kappa shape index (κ3) is 4.76. The smallest absolute Gasteiger partial charge is 0.241 e. The van der Waals surface area contributed by atoms with Gasteiger partial charge >= 0.3 is 0 Å². The lowest BCUT2D eigenvalue weighted by Gasteiger charge is -2.34. The monoisotopic (exact) mass is 399 g/mol. The fourth-order valence-electron chi connectivity index (χ4n) is 4.20. The number of benzene rings is 1. The van der Waals surface area contributed by atoms with E-state index in [-0.39, 0.29) is 11.9 Å². The van der Waals surface area contributed by atoms with Crippen molar-refractivity contribution in [2.75, 3.05) is 33.3 Å². The van der Waals surface area contributed by atoms with Crippen LogP contribution in [0.5, 0.6) is 5.75 Å². The number of rotatable bonds is 6. The predicted octanol–water partition coefficient (Wildman–Crippen LogP) is 1.91. The molecule has 2 atom stereocenters. The number of hydrogen-bond acceptors (Lipinski definition) is 7. The van der Waals surface area contributed by atoms with Crippen LogP contribution in [-0.4, -0.2) is 65.2 Å². The Morgan fingerprint density at radius 3 is 2.62 bits per heavy atom. The summed E-state index contributed by atoms with van der Waals surface area (Å²) in [6.07, 6.45) is 3.88. The summed E-state index contributed by atoms with van der Waals surface area (Å²) in [5, 5.41) is 4.09. The highest BCUT2D eigenvalue weighted by atomic mass is 16.5. The minimum atomic E-state index is 0.192. The number of hydrogen-bond donors (Lipinski definition) is 1. The molecule has 4 rings (SSSR count). The fourth-order valence-corrected chi connectivity index (χ4v) is 4.20. The van der Waals surface area contributed by atoms with Crippen LogP contribution in [-0.2, 0) is 11.3 Å². The lowest BCUT2D eigenvalue weighted by Crippen LogP contribution is -2.49. The third-order valence-electron chi connectivity index (χ3n) is 6.05. The molecule has 1 aromatic heterocycles. The van der Waals surface area contributed by atoms with Gasteiger partial charge in [-0.15, -0.1) is 0 Å². The molecule has 0 radical (unpaired) electrons. The van der Waals surface area contributed by atoms with Gasteiger partial charge in [0.2, 0.25) is 17.6 Å². The number of carbonyl (C=O) groups excluding carboxylic acids is 1. The number of nitrogens with two attached hydrogens (primary N) is 1. The molecule has 1 saturated carbocycles. The molecule has 2 fully saturated rings. The molecule has 2 N–H and O–H groups in total. The Hall–Kier alpha value is -2.45. The Morgan fingerprint density at radius 1 is 1.21 bits per heavy atom. The van der Waals surface area contributed by atoms with Gasteiger partial charge in [0.25, 0.3) is 0 Å². The summed E-state index contributed by atoms with van der Waals surface area (Å²) < 4.78 is 10.6. The molecular formula is C21H29N5O3. The maximum Gasteiger partial charge on any atom is 0.241 e. The van der Waals surface area contributed by atoms with Gasteiger partial charge in [0, 0.05) is 44.2 Å². The number of piperazine rings is 1. The van der Waals surface area contributed by atoms with Gasteiger partial charge < -0.3 is 19.9 Å². The van der Waals surface area contributed by atoms with E-state index in [1.54, 1.807) is 7.11 Å². The first-order chi connectivity index (χ1) is 14.1. The molecule has 156 valence electrons. The average Bonchev–Trinajstić information content (AvgIpc) is 3.38. The van der Waals surface area contributed by atoms with E-state index in [1.807, 2.05) is 29.2 Å². The number of ether oxygens (including phenoxy) is 1. The number of amides is 1. The zero-order valence-electron chi connectivity index (χ0n) is 16.9. The van der Waals surface area contributed by atoms with Crippen LogP contribution in [0.3, 0.4) is 0 Å². The summed E-state index contributed by atoms with van der Waals surface area (Å²) in [7, 11) is 1.64. The summed E-state index contributed by atoms with van der Waals surface area (Å²) in [6.45, 7) is 3.69. The topological polar surface area (TPSA) is 97.7 Å². The summed E-state index contributed by atoms with van der Waals surface area (Å²) >= 11 is 0. The highest BCUT2D eigenvalue weighted by molar-refractivity contribution is 5.76. The van der Waals surface area contributed by atoms with Crippen molar-refractivity contribution < 1.29 is 14.1 Å². The maximum absolute atomic E-state index is 12.6. The van der Waals surface area contributed by atoms with Gasteiger partial charge in [-0.1, -0.05) is 11.6 Å². The fraction of sp³-hybridized carbons (Fsp3) is 0.571. The molecular weight excluding hydrogens is 370 g/mol. The minimum absolute atomic E-state index is 0.192. The van der Waals surface area contributed by atoms with E-state index in [9.17, 15) is 4.79 Å². The van der Waals surface area contributed by atoms with Crippen molar-refractivity contribution in [2.45, 2.75) is 38.3 Å². The molecule has 1 aliphatic heterocycles. The second-order valence-corrected chi connectivity index (χ2v) is 7.96. The largest absolute Gasteiger partial charge is 0.497 e. The van der Waals surface area contributed by atoms with Crippen molar-refractivity contribution in [3.05, 3.63) is 30.2 Å². The Kier molecular flexibility index (Phi) is 6.10. The van der Waals surface area contributed by atoms with Gasteiger partial charge in [0.1, 0.15) is 5.75 Å². The predicted molar refractivity (Wildman–Crippen MR) is 108 cm³/mol. The Labute approximate surface area is 171 Å². The number of aromatic nitrogens is 2. The SMILES string of the molecule is COc1ccc(-c2noc(CN3CCN(C(=O)C[C@@H]4CCC[C@H]4N)CC3)n2)cc1. The first-order valence-electron chi connectivity index (χ1n) is 10.3. The molecule has 1 aromatic carbocycles. The van der Waals surface area contributed by atoms with Gasteiger partial charge in [-0.05, 0) is 43.0 Å². The van der Waals surface area contributed by atoms with Crippen molar-refractivity contribution in [1.29, 1.82) is 0 Å². The summed E-state index contributed by atoms with van der Waals surface area (Å²) in [5.74, 6) is 2.55. The quantitative estimate of drug-likeness (QED) is 0.792. The summed E-state index contributed by atoms with van der Waals surface area (Å²) in [4.78, 5) is 21.3. The Morgan fingerprint density at radius 2 is 1.97 bits per heavy atom. The van der Waals surface area contributed by atoms with Gasteiger partial charge in [-0.2, -0.15) is 4.98 Å². The highest BCUT2D eigenvalue weighted by Gasteiger charge is 2.29. The molecule has 0 spiro atoms. The molecule has 1 amide bonds. The van der Waals surface area contributed by atoms with Crippen LogP contribution < -0.4 is 10.5 Å². The van der Waals surface area contributed by atoms with E-state index in [0.717, 1.165) is 56.8 Å². The van der Waals surface area contributed by atoms with Crippen LogP contribution in [0.2, 0.25) is 0 Å². The molecule has 29 heavy (non-hydrogen) atoms. The summed E-state index contributed by atoms with van der Waals surface area (Å²) in [5.41, 5.74) is 7.00. The van der Waals surface area contributed by atoms with Crippen molar-refractivity contribution in [1.82, 2.24) is 19.9 Å². The molecule has 2 heterocycles. The maximum atomic E-state index is 12.6. The van der Waals surface area contributed by atoms with Crippen molar-refractivity contribution in [3.8, 4) is 17.1 Å². The summed E-state index contributed by atoms with van der Waals surface area (Å²) in [6, 6.07) is 7.76. The van der Waals surface area contributed by atoms with E-state index >= 15 is 0 Å². The highest BCUT2D eigenvalue weighted by Crippen LogP contribution is 2.27. The van der Waals surface area contributed by atoms with Gasteiger partial charge in [0.15, 0.2) is 0 Å². The lowest BCUT2D eigenvalue weighted by molar-refractivity contribution is -0.134. The van der Waals surface area contributed by atoms with Crippen molar-refractivity contribution >= 4 is 5.91 Å². The molecule has 1 aliphatic carbocycles. The number of carbonyl (C=O) groups is 1. The molecule has 8 nitrogen and oxygen atoms in total. The van der Waals surface area contributed by atoms with E-state index < -0.39 is 0 Å². The molecule has 2 aliphatic rings. The van der Waals surface area contributed by atoms with Crippen LogP contribution in [0.25, 0.3) is 11.4 Å². The Bertz CT molecular complexity index is 814. The van der Waals surface area contributed by atoms with E-state index in [2.05, 4.69) is 15.0 Å². The second kappa shape index (κ2) is 8.92. The minimum Gasteiger partial charge on any atom is -0.497 e. The second-order valence-electron chi connectivity index (χ2n) is 7.96. The normalized spacial score (nSPS) is 22.8. The van der Waals surface area contributed by atoms with E-state index in [1.165, 1.54) is 0 Å². The molecule has 0 bridgehead atoms. The van der Waals surface area contributed by atoms with Crippen molar-refractivity contribution in [2.24, 2.45) is 11.7 Å². The Balaban J connectivity index is 1.26. The molecule has 8 heteroatoms. The third-order valence-corrected chi connectivity index (χ3v) is 6.05. The van der Waals surface area contributed by atoms with Crippen LogP contribution in [0, 0.1) is 5.92 Å². The zero-order chi connectivity index (χ0) is 20.2. The van der Waals surface area contributed by atoms with Gasteiger partial charge in [-0.3, -0.25) is 9.69 Å². The van der Waals surface area contributed by atoms with Crippen LogP contribution in [0.4, 0.5) is 0 Å². The van der Waals surface area contributed by atoms with Gasteiger partial charge in [0.05, 0.1) is 13.7 Å². The first kappa shape index (κ1) is 19.8. The van der Waals surface area contributed by atoms with E-state index in [4.69, 9.17) is 15.0 Å². The number of nitrogens with zero attached hydrogens (tertiary/aromatic N) is 4. The molecule has 0 unspecified atom stereocenters. The average molecular weight is 399 g/mol. The van der Waals surface area contributed by atoms with Crippen LogP contribution in [0.1, 0.15) is 31.6 Å². The number of methoxy groups -OCH3 is 1. The van der Waals surface area contributed by atoms with Crippen LogP contribution >= 0.6 is 0 Å². The van der Waals surface area contributed by atoms with Crippen molar-refractivity contribution in [3.63, 3.8) is 0 Å². The lowest BCUT2D eigenvalue weighted by atomic mass is 9.99. The molecule has 2 aromatic rings. The first-order valence-corrected chi connectivity index (χ1v) is 10.3. The van der Waals surface area contributed by atoms with E-state index in [0.29, 0.717) is 30.6 Å². The molecule has 1 saturated heterocycles. The standard InChI is InChI=1S/C21H29N5O3/c1-28-17-7-5-15(6-8-17)21-23-19(29-24-21)14-25-9-11-26(12-10-25)20(27)13-16-3-2-4-18(16)22/h5-8,16,18H,2-4,9-14,22H2,1H3/t16-,18+/m0/s1.